The SMILES string of the molecule is CC(=O)O[C@@H](CC/C=C(\C)[C@@H]1O[C@H](CCCO[Si](C(C)C)(C(C)C)C(C)C)C[C@H]1C)[C@@]1(CCC#N)CCC([C@@H]2COC(C)(C)O2)=C(C)[C@@H]1CO. The molecule has 0 radical (unpaired) electrons. The molecule has 0 unspecified atom stereocenters. The van der Waals surface area contributed by atoms with E-state index in [0.717, 1.165) is 49.9 Å². The molecule has 1 N–H and O–H groups in total. The predicted molar refractivity (Wildman–Crippen MR) is 202 cm³/mol. The van der Waals surface area contributed by atoms with E-state index in [4.69, 9.17) is 23.4 Å². The first-order chi connectivity index (χ1) is 23.5. The van der Waals surface area contributed by atoms with Crippen LogP contribution in [0.3, 0.4) is 0 Å². The van der Waals surface area contributed by atoms with Gasteiger partial charge in [-0.1, -0.05) is 60.1 Å². The van der Waals surface area contributed by atoms with Crippen LogP contribution in [0.2, 0.25) is 16.6 Å². The van der Waals surface area contributed by atoms with Crippen molar-refractivity contribution in [3.63, 3.8) is 0 Å². The minimum Gasteiger partial charge on any atom is -0.462 e. The first-order valence-electron chi connectivity index (χ1n) is 19.6. The molecule has 2 aliphatic heterocycles. The van der Waals surface area contributed by atoms with Crippen molar-refractivity contribution in [2.45, 2.75) is 188 Å². The van der Waals surface area contributed by atoms with Gasteiger partial charge in [0.05, 0.1) is 31.5 Å². The second kappa shape index (κ2) is 18.5. The normalized spacial score (nSPS) is 29.7. The number of hydrogen-bond acceptors (Lipinski definition) is 8. The largest absolute Gasteiger partial charge is 0.462 e. The molecule has 0 aromatic rings. The van der Waals surface area contributed by atoms with Crippen molar-refractivity contribution in [1.82, 2.24) is 0 Å². The fourth-order valence-electron chi connectivity index (χ4n) is 10.1. The maximum Gasteiger partial charge on any atom is 0.302 e. The summed E-state index contributed by atoms with van der Waals surface area (Å²) in [5.41, 5.74) is 4.66. The van der Waals surface area contributed by atoms with Crippen molar-refractivity contribution in [3.05, 3.63) is 22.8 Å². The second-order valence-electron chi connectivity index (χ2n) is 17.0. The van der Waals surface area contributed by atoms with Gasteiger partial charge in [0.25, 0.3) is 0 Å². The topological polar surface area (TPSA) is 107 Å². The summed E-state index contributed by atoms with van der Waals surface area (Å²) in [4.78, 5) is 12.5. The Hall–Kier alpha value is -1.54. The Kier molecular flexibility index (Phi) is 15.8. The second-order valence-corrected chi connectivity index (χ2v) is 22.4. The van der Waals surface area contributed by atoms with Gasteiger partial charge in [-0.05, 0) is 113 Å². The van der Waals surface area contributed by atoms with E-state index in [1.165, 1.54) is 12.5 Å². The van der Waals surface area contributed by atoms with Crippen LogP contribution in [0.1, 0.15) is 141 Å². The zero-order chi connectivity index (χ0) is 37.4. The summed E-state index contributed by atoms with van der Waals surface area (Å²) in [5, 5.41) is 20.5. The lowest BCUT2D eigenvalue weighted by atomic mass is 9.58. The van der Waals surface area contributed by atoms with Crippen LogP contribution < -0.4 is 0 Å². The van der Waals surface area contributed by atoms with Gasteiger partial charge in [-0.25, -0.2) is 0 Å². The van der Waals surface area contributed by atoms with Crippen LogP contribution in [0.4, 0.5) is 0 Å². The molecule has 2 fully saturated rings. The van der Waals surface area contributed by atoms with E-state index >= 15 is 0 Å². The first kappa shape index (κ1) is 42.9. The van der Waals surface area contributed by atoms with Crippen molar-refractivity contribution in [2.24, 2.45) is 17.3 Å². The highest BCUT2D eigenvalue weighted by molar-refractivity contribution is 6.77. The highest BCUT2D eigenvalue weighted by Crippen LogP contribution is 2.53. The molecule has 2 saturated heterocycles. The van der Waals surface area contributed by atoms with Gasteiger partial charge >= 0.3 is 5.97 Å². The number of ether oxygens (including phenoxy) is 4. The number of nitrogens with zero attached hydrogens (tertiary/aromatic N) is 1. The fraction of sp³-hybridized carbons (Fsp3) is 0.854. The van der Waals surface area contributed by atoms with Crippen LogP contribution in [0, 0.1) is 28.6 Å². The number of carbonyl (C=O) groups excluding carboxylic acids is 1. The maximum atomic E-state index is 12.5. The molecule has 8 nitrogen and oxygen atoms in total. The number of aliphatic hydroxyl groups is 1. The Balaban J connectivity index is 1.70. The molecule has 3 aliphatic rings. The van der Waals surface area contributed by atoms with Crippen molar-refractivity contribution >= 4 is 14.3 Å². The molecule has 286 valence electrons. The number of hydrogen-bond donors (Lipinski definition) is 1. The van der Waals surface area contributed by atoms with Gasteiger partial charge in [0.2, 0.25) is 0 Å². The lowest BCUT2D eigenvalue weighted by Gasteiger charge is -2.49. The number of allylic oxidation sites excluding steroid dienone is 1. The lowest BCUT2D eigenvalue weighted by Crippen LogP contribution is -2.49. The number of esters is 1. The van der Waals surface area contributed by atoms with Gasteiger partial charge in [-0.2, -0.15) is 5.26 Å². The van der Waals surface area contributed by atoms with Gasteiger partial charge in [0.15, 0.2) is 14.1 Å². The van der Waals surface area contributed by atoms with E-state index in [2.05, 4.69) is 74.5 Å². The van der Waals surface area contributed by atoms with Gasteiger partial charge in [0.1, 0.15) is 12.2 Å². The van der Waals surface area contributed by atoms with Crippen molar-refractivity contribution < 1.29 is 33.3 Å². The molecule has 2 heterocycles. The third-order valence-corrected chi connectivity index (χ3v) is 18.5. The van der Waals surface area contributed by atoms with Crippen molar-refractivity contribution in [2.75, 3.05) is 19.8 Å². The van der Waals surface area contributed by atoms with E-state index in [1.54, 1.807) is 0 Å². The van der Waals surface area contributed by atoms with E-state index < -0.39 is 25.6 Å². The van der Waals surface area contributed by atoms with Crippen molar-refractivity contribution in [1.29, 1.82) is 5.26 Å². The highest BCUT2D eigenvalue weighted by atomic mass is 28.4. The third-order valence-electron chi connectivity index (χ3n) is 12.4. The predicted octanol–water partition coefficient (Wildman–Crippen LogP) is 9.57. The molecule has 0 aromatic carbocycles. The Morgan fingerprint density at radius 3 is 2.34 bits per heavy atom. The van der Waals surface area contributed by atoms with Gasteiger partial charge in [0, 0.05) is 31.3 Å². The Labute approximate surface area is 305 Å². The summed E-state index contributed by atoms with van der Waals surface area (Å²) >= 11 is 0. The lowest BCUT2D eigenvalue weighted by molar-refractivity contribution is -0.160. The van der Waals surface area contributed by atoms with Crippen LogP contribution in [-0.2, 0) is 28.2 Å². The van der Waals surface area contributed by atoms with Gasteiger partial charge in [-0.15, -0.1) is 0 Å². The molecule has 50 heavy (non-hydrogen) atoms. The zero-order valence-corrected chi connectivity index (χ0v) is 34.6. The third kappa shape index (κ3) is 9.90. The van der Waals surface area contributed by atoms with Crippen LogP contribution in [-0.4, -0.2) is 69.4 Å². The summed E-state index contributed by atoms with van der Waals surface area (Å²) in [6.45, 7) is 27.0. The number of nitriles is 1. The molecule has 0 bridgehead atoms. The average Bonchev–Trinajstić information content (AvgIpc) is 3.59. The molecule has 0 aromatic heterocycles. The summed E-state index contributed by atoms with van der Waals surface area (Å²) in [6, 6.07) is 2.33. The molecule has 0 amide bonds. The summed E-state index contributed by atoms with van der Waals surface area (Å²) in [6.07, 6.45) is 8.71. The summed E-state index contributed by atoms with van der Waals surface area (Å²) in [7, 11) is -1.86. The smallest absolute Gasteiger partial charge is 0.302 e. The average molecular weight is 718 g/mol. The van der Waals surface area contributed by atoms with Crippen LogP contribution in [0.25, 0.3) is 0 Å². The maximum absolute atomic E-state index is 12.5. The van der Waals surface area contributed by atoms with E-state index in [-0.39, 0.29) is 36.8 Å². The Morgan fingerprint density at radius 1 is 1.14 bits per heavy atom. The summed E-state index contributed by atoms with van der Waals surface area (Å²) in [5.74, 6) is -0.808. The van der Waals surface area contributed by atoms with E-state index in [9.17, 15) is 15.2 Å². The monoisotopic (exact) mass is 717 g/mol. The standard InChI is InChI=1S/C41H71NO7Si/c1-27(2)50(28(3)4,29(5)6)46-23-14-17-34-24-31(8)39(48-34)30(7)16-13-18-38(47-33(10)44)41(20-15-22-42)21-19-35(32(9)36(41)25-43)37-26-45-40(11,12)49-37/h16,27-29,31,34,36-39,43H,13-15,17-21,23-26H2,1-12H3/b30-16+/t31-,34-,36+,37+,38+,39+,41+/m1/s1. The van der Waals surface area contributed by atoms with E-state index in [1.807, 2.05) is 13.8 Å². The van der Waals surface area contributed by atoms with E-state index in [0.29, 0.717) is 54.8 Å². The van der Waals surface area contributed by atoms with Crippen LogP contribution >= 0.6 is 0 Å². The fourth-order valence-corrected chi connectivity index (χ4v) is 15.6. The minimum atomic E-state index is -1.86. The quantitative estimate of drug-likeness (QED) is 0.0647. The molecule has 0 spiro atoms. The molecular weight excluding hydrogens is 647 g/mol. The van der Waals surface area contributed by atoms with Gasteiger partial charge < -0.3 is 28.5 Å². The minimum absolute atomic E-state index is 0.0709. The first-order valence-corrected chi connectivity index (χ1v) is 21.7. The Morgan fingerprint density at radius 2 is 1.80 bits per heavy atom. The van der Waals surface area contributed by atoms with Gasteiger partial charge in [-0.3, -0.25) is 4.79 Å². The molecule has 9 heteroatoms. The molecule has 3 rings (SSSR count). The van der Waals surface area contributed by atoms with Crippen LogP contribution in [0.5, 0.6) is 0 Å². The molecule has 0 saturated carbocycles. The number of carbonyl (C=O) groups is 1. The van der Waals surface area contributed by atoms with Crippen LogP contribution in [0.15, 0.2) is 22.8 Å². The molecular formula is C41H71NO7Si. The Bertz CT molecular complexity index is 1200. The number of rotatable bonds is 18. The molecule has 1 aliphatic carbocycles. The summed E-state index contributed by atoms with van der Waals surface area (Å²) < 4.78 is 31.7. The zero-order valence-electron chi connectivity index (χ0n) is 33.6. The van der Waals surface area contributed by atoms with Crippen molar-refractivity contribution in [3.8, 4) is 6.07 Å². The highest BCUT2D eigenvalue weighted by Gasteiger charge is 2.51. The molecule has 7 atom stereocenters. The number of aliphatic hydroxyl groups excluding tert-OH is 1.